The highest BCUT2D eigenvalue weighted by Crippen LogP contribution is 2.21. The summed E-state index contributed by atoms with van der Waals surface area (Å²) in [4.78, 5) is 7.47. The van der Waals surface area contributed by atoms with Crippen molar-refractivity contribution in [2.75, 3.05) is 0 Å². The van der Waals surface area contributed by atoms with E-state index in [1.807, 2.05) is 29.9 Å². The summed E-state index contributed by atoms with van der Waals surface area (Å²) < 4.78 is 0. The average molecular weight is 278 g/mol. The summed E-state index contributed by atoms with van der Waals surface area (Å²) in [6, 6.07) is 5.91. The van der Waals surface area contributed by atoms with Gasteiger partial charge in [-0.3, -0.25) is 0 Å². The highest BCUT2D eigenvalue weighted by Gasteiger charge is 2.04. The molecule has 2 N–H and O–H groups in total. The van der Waals surface area contributed by atoms with Crippen molar-refractivity contribution in [3.8, 4) is 0 Å². The van der Waals surface area contributed by atoms with Gasteiger partial charge < -0.3 is 10.3 Å². The van der Waals surface area contributed by atoms with Crippen molar-refractivity contribution in [2.45, 2.75) is 13.1 Å². The van der Waals surface area contributed by atoms with E-state index in [1.165, 1.54) is 10.9 Å². The molecular formula is C13H12ClN3S. The van der Waals surface area contributed by atoms with Crippen LogP contribution in [0.2, 0.25) is 5.02 Å². The Kier molecular flexibility index (Phi) is 3.32. The number of nitrogens with zero attached hydrogens (tertiary/aromatic N) is 1. The second-order valence-electron chi connectivity index (χ2n) is 4.03. The molecule has 0 unspecified atom stereocenters. The number of benzene rings is 1. The number of hydrogen-bond donors (Lipinski definition) is 2. The monoisotopic (exact) mass is 277 g/mol. The van der Waals surface area contributed by atoms with Crippen molar-refractivity contribution in [3.63, 3.8) is 0 Å². The van der Waals surface area contributed by atoms with Crippen molar-refractivity contribution < 1.29 is 0 Å². The van der Waals surface area contributed by atoms with Gasteiger partial charge in [0.15, 0.2) is 0 Å². The molecule has 0 bridgehead atoms. The Hall–Kier alpha value is -1.36. The van der Waals surface area contributed by atoms with Gasteiger partial charge in [-0.25, -0.2) is 4.98 Å². The van der Waals surface area contributed by atoms with Gasteiger partial charge in [-0.2, -0.15) is 0 Å². The van der Waals surface area contributed by atoms with Crippen LogP contribution in [0.3, 0.4) is 0 Å². The normalized spacial score (nSPS) is 11.2. The van der Waals surface area contributed by atoms with Crippen LogP contribution in [-0.4, -0.2) is 9.97 Å². The highest BCUT2D eigenvalue weighted by atomic mass is 35.5. The van der Waals surface area contributed by atoms with Gasteiger partial charge in [-0.1, -0.05) is 17.7 Å². The summed E-state index contributed by atoms with van der Waals surface area (Å²) >= 11 is 7.62. The number of halogens is 1. The Labute approximate surface area is 114 Å². The van der Waals surface area contributed by atoms with E-state index < -0.39 is 0 Å². The topological polar surface area (TPSA) is 40.7 Å². The first-order valence-corrected chi connectivity index (χ1v) is 6.93. The van der Waals surface area contributed by atoms with Gasteiger partial charge in [0, 0.05) is 46.8 Å². The fourth-order valence-corrected chi connectivity index (χ4v) is 2.71. The second kappa shape index (κ2) is 5.10. The fraction of sp³-hybridized carbons (Fsp3) is 0.154. The molecule has 0 saturated carbocycles. The zero-order chi connectivity index (χ0) is 12.4. The van der Waals surface area contributed by atoms with Crippen LogP contribution in [0.25, 0.3) is 10.9 Å². The number of aromatic nitrogens is 2. The van der Waals surface area contributed by atoms with Crippen molar-refractivity contribution in [2.24, 2.45) is 0 Å². The van der Waals surface area contributed by atoms with Crippen LogP contribution in [0.1, 0.15) is 10.6 Å². The quantitative estimate of drug-likeness (QED) is 0.765. The lowest BCUT2D eigenvalue weighted by atomic mass is 10.2. The van der Waals surface area contributed by atoms with E-state index in [0.717, 1.165) is 28.6 Å². The van der Waals surface area contributed by atoms with Crippen LogP contribution in [-0.2, 0) is 13.1 Å². The molecule has 0 amide bonds. The molecule has 0 spiro atoms. The highest BCUT2D eigenvalue weighted by molar-refractivity contribution is 7.09. The van der Waals surface area contributed by atoms with E-state index in [0.29, 0.717) is 0 Å². The van der Waals surface area contributed by atoms with Gasteiger partial charge in [0.1, 0.15) is 5.01 Å². The van der Waals surface area contributed by atoms with Crippen LogP contribution in [0.5, 0.6) is 0 Å². The molecule has 2 aromatic heterocycles. The molecular weight excluding hydrogens is 266 g/mol. The summed E-state index contributed by atoms with van der Waals surface area (Å²) in [6.45, 7) is 1.62. The van der Waals surface area contributed by atoms with Crippen molar-refractivity contribution in [1.29, 1.82) is 0 Å². The van der Waals surface area contributed by atoms with E-state index in [9.17, 15) is 0 Å². The first-order valence-electron chi connectivity index (χ1n) is 5.67. The summed E-state index contributed by atoms with van der Waals surface area (Å²) in [5.74, 6) is 0. The molecule has 3 rings (SSSR count). The van der Waals surface area contributed by atoms with Gasteiger partial charge >= 0.3 is 0 Å². The molecule has 3 nitrogen and oxygen atoms in total. The number of hydrogen-bond acceptors (Lipinski definition) is 3. The zero-order valence-corrected chi connectivity index (χ0v) is 11.2. The lowest BCUT2D eigenvalue weighted by Crippen LogP contribution is -2.12. The van der Waals surface area contributed by atoms with Crippen molar-refractivity contribution >= 4 is 33.8 Å². The third-order valence-corrected chi connectivity index (χ3v) is 3.82. The molecule has 0 aliphatic carbocycles. The molecule has 18 heavy (non-hydrogen) atoms. The predicted molar refractivity (Wildman–Crippen MR) is 76.0 cm³/mol. The number of aromatic amines is 1. The third kappa shape index (κ3) is 2.41. The predicted octanol–water partition coefficient (Wildman–Crippen LogP) is 3.57. The van der Waals surface area contributed by atoms with Crippen LogP contribution >= 0.6 is 22.9 Å². The molecule has 0 aliphatic heterocycles. The van der Waals surface area contributed by atoms with Gasteiger partial charge in [-0.05, 0) is 17.7 Å². The van der Waals surface area contributed by atoms with E-state index in [4.69, 9.17) is 11.6 Å². The molecule has 1 aromatic carbocycles. The van der Waals surface area contributed by atoms with E-state index in [2.05, 4.69) is 21.4 Å². The summed E-state index contributed by atoms with van der Waals surface area (Å²) in [5, 5.41) is 8.46. The largest absolute Gasteiger partial charge is 0.361 e. The summed E-state index contributed by atoms with van der Waals surface area (Å²) in [6.07, 6.45) is 3.85. The van der Waals surface area contributed by atoms with E-state index in [1.54, 1.807) is 11.3 Å². The average Bonchev–Trinajstić information content (AvgIpc) is 2.99. The molecule has 0 radical (unpaired) electrons. The first-order chi connectivity index (χ1) is 8.83. The van der Waals surface area contributed by atoms with Crippen LogP contribution < -0.4 is 5.32 Å². The molecule has 2 heterocycles. The Morgan fingerprint density at radius 1 is 1.33 bits per heavy atom. The number of rotatable bonds is 4. The number of nitrogens with one attached hydrogen (secondary N) is 2. The van der Waals surface area contributed by atoms with Gasteiger partial charge in [-0.15, -0.1) is 11.3 Å². The number of fused-ring (bicyclic) bond motifs is 1. The summed E-state index contributed by atoms with van der Waals surface area (Å²) in [7, 11) is 0. The van der Waals surface area contributed by atoms with Gasteiger partial charge in [0.25, 0.3) is 0 Å². The van der Waals surface area contributed by atoms with Crippen LogP contribution in [0.4, 0.5) is 0 Å². The SMILES string of the molecule is Clc1ccc2c(CNCc3nccs3)c[nH]c2c1. The lowest BCUT2D eigenvalue weighted by Gasteiger charge is -2.01. The maximum atomic E-state index is 5.96. The molecule has 0 saturated heterocycles. The number of H-pyrrole nitrogens is 1. The Bertz CT molecular complexity index is 645. The van der Waals surface area contributed by atoms with Gasteiger partial charge in [0.05, 0.1) is 0 Å². The zero-order valence-electron chi connectivity index (χ0n) is 9.61. The molecule has 5 heteroatoms. The van der Waals surface area contributed by atoms with Crippen LogP contribution in [0.15, 0.2) is 36.0 Å². The maximum absolute atomic E-state index is 5.96. The lowest BCUT2D eigenvalue weighted by molar-refractivity contribution is 0.693. The Morgan fingerprint density at radius 3 is 3.11 bits per heavy atom. The Balaban J connectivity index is 1.71. The minimum absolute atomic E-state index is 0.756. The second-order valence-corrected chi connectivity index (χ2v) is 5.45. The summed E-state index contributed by atoms with van der Waals surface area (Å²) in [5.41, 5.74) is 2.33. The smallest absolute Gasteiger partial charge is 0.106 e. The molecule has 3 aromatic rings. The molecule has 0 fully saturated rings. The Morgan fingerprint density at radius 2 is 2.28 bits per heavy atom. The van der Waals surface area contributed by atoms with Gasteiger partial charge in [0.2, 0.25) is 0 Å². The minimum Gasteiger partial charge on any atom is -0.361 e. The maximum Gasteiger partial charge on any atom is 0.106 e. The standard InChI is InChI=1S/C13H12ClN3S/c14-10-1-2-11-9(7-17-12(11)5-10)6-15-8-13-16-3-4-18-13/h1-5,7,15,17H,6,8H2. The fourth-order valence-electron chi connectivity index (χ4n) is 1.95. The van der Waals surface area contributed by atoms with E-state index in [-0.39, 0.29) is 0 Å². The molecule has 0 aliphatic rings. The van der Waals surface area contributed by atoms with E-state index >= 15 is 0 Å². The first kappa shape index (κ1) is 11.7. The number of thiazole rings is 1. The minimum atomic E-state index is 0.756. The van der Waals surface area contributed by atoms with Crippen molar-refractivity contribution in [1.82, 2.24) is 15.3 Å². The molecule has 0 atom stereocenters. The van der Waals surface area contributed by atoms with Crippen molar-refractivity contribution in [3.05, 3.63) is 51.6 Å². The molecule has 92 valence electrons. The third-order valence-electron chi connectivity index (χ3n) is 2.80. The van der Waals surface area contributed by atoms with Crippen LogP contribution in [0, 0.1) is 0 Å².